The number of benzene rings is 1. The van der Waals surface area contributed by atoms with E-state index >= 15 is 0 Å². The summed E-state index contributed by atoms with van der Waals surface area (Å²) in [6.07, 6.45) is 5.44. The average Bonchev–Trinajstić information content (AvgIpc) is 3.25. The zero-order chi connectivity index (χ0) is 25.3. The summed E-state index contributed by atoms with van der Waals surface area (Å²) in [4.78, 5) is 28.6. The third-order valence-electron chi connectivity index (χ3n) is 6.67. The maximum Gasteiger partial charge on any atom is 0.206 e. The smallest absolute Gasteiger partial charge is 0.206 e. The van der Waals surface area contributed by atoms with Gasteiger partial charge in [0.05, 0.1) is 29.1 Å². The van der Waals surface area contributed by atoms with Gasteiger partial charge in [-0.2, -0.15) is 0 Å². The number of aromatic nitrogens is 5. The summed E-state index contributed by atoms with van der Waals surface area (Å²) >= 11 is 0. The molecular formula is C27H35N9. The lowest BCUT2D eigenvalue weighted by Gasteiger charge is -2.42. The van der Waals surface area contributed by atoms with Gasteiger partial charge in [-0.05, 0) is 50.6 Å². The number of imidazole rings is 1. The molecule has 4 heterocycles. The van der Waals surface area contributed by atoms with Gasteiger partial charge < -0.3 is 15.2 Å². The Hall–Kier alpha value is -3.56. The number of piperazine rings is 1. The predicted molar refractivity (Wildman–Crippen MR) is 146 cm³/mol. The van der Waals surface area contributed by atoms with E-state index < -0.39 is 0 Å². The van der Waals surface area contributed by atoms with Gasteiger partial charge in [0.1, 0.15) is 11.6 Å². The molecule has 1 saturated heterocycles. The van der Waals surface area contributed by atoms with Gasteiger partial charge >= 0.3 is 0 Å². The highest BCUT2D eigenvalue weighted by Crippen LogP contribution is 2.24. The zero-order valence-corrected chi connectivity index (χ0v) is 21.8. The largest absolute Gasteiger partial charge is 0.361 e. The van der Waals surface area contributed by atoms with Gasteiger partial charge in [0, 0.05) is 64.1 Å². The van der Waals surface area contributed by atoms with Crippen molar-refractivity contribution >= 4 is 28.6 Å². The molecule has 36 heavy (non-hydrogen) atoms. The molecule has 1 aliphatic rings. The molecule has 1 aliphatic heterocycles. The minimum atomic E-state index is 0.233. The molecule has 0 bridgehead atoms. The summed E-state index contributed by atoms with van der Waals surface area (Å²) in [6.45, 7) is 12.2. The van der Waals surface area contributed by atoms with Crippen molar-refractivity contribution in [2.45, 2.75) is 32.9 Å². The van der Waals surface area contributed by atoms with E-state index in [0.29, 0.717) is 5.95 Å². The number of anilines is 3. The molecular weight excluding hydrogens is 450 g/mol. The second kappa shape index (κ2) is 9.83. The summed E-state index contributed by atoms with van der Waals surface area (Å²) in [7, 11) is 3.90. The van der Waals surface area contributed by atoms with Crippen molar-refractivity contribution in [1.29, 1.82) is 0 Å². The van der Waals surface area contributed by atoms with Crippen molar-refractivity contribution in [3.63, 3.8) is 0 Å². The molecule has 0 radical (unpaired) electrons. The molecule has 2 N–H and O–H groups in total. The lowest BCUT2D eigenvalue weighted by atomic mass is 10.0. The molecule has 188 valence electrons. The van der Waals surface area contributed by atoms with Gasteiger partial charge in [0.2, 0.25) is 5.95 Å². The summed E-state index contributed by atoms with van der Waals surface area (Å²) in [5.41, 5.74) is 5.10. The van der Waals surface area contributed by atoms with Crippen molar-refractivity contribution < 1.29 is 0 Å². The number of rotatable bonds is 6. The molecule has 0 aliphatic carbocycles. The minimum absolute atomic E-state index is 0.233. The fraction of sp³-hybridized carbons (Fsp3) is 0.407. The van der Waals surface area contributed by atoms with Gasteiger partial charge in [-0.15, -0.1) is 0 Å². The summed E-state index contributed by atoms with van der Waals surface area (Å²) in [5, 5.41) is 3.34. The van der Waals surface area contributed by atoms with Crippen molar-refractivity contribution in [2.24, 2.45) is 0 Å². The molecule has 1 aromatic carbocycles. The van der Waals surface area contributed by atoms with Crippen LogP contribution in [0.25, 0.3) is 22.3 Å². The Morgan fingerprint density at radius 1 is 0.972 bits per heavy atom. The predicted octanol–water partition coefficient (Wildman–Crippen LogP) is 4.14. The van der Waals surface area contributed by atoms with Crippen molar-refractivity contribution in [3.05, 3.63) is 54.5 Å². The van der Waals surface area contributed by atoms with E-state index in [1.165, 1.54) is 5.56 Å². The van der Waals surface area contributed by atoms with E-state index in [0.717, 1.165) is 66.7 Å². The maximum absolute atomic E-state index is 4.69. The van der Waals surface area contributed by atoms with Crippen LogP contribution in [0.2, 0.25) is 0 Å². The van der Waals surface area contributed by atoms with E-state index in [-0.39, 0.29) is 5.54 Å². The summed E-state index contributed by atoms with van der Waals surface area (Å²) < 4.78 is 0. The first-order valence-corrected chi connectivity index (χ1v) is 12.4. The quantitative estimate of drug-likeness (QED) is 0.421. The molecule has 1 fully saturated rings. The maximum atomic E-state index is 4.69. The molecule has 9 nitrogen and oxygen atoms in total. The van der Waals surface area contributed by atoms with E-state index in [1.54, 1.807) is 12.4 Å². The lowest BCUT2D eigenvalue weighted by molar-refractivity contribution is 0.0591. The van der Waals surface area contributed by atoms with E-state index in [9.17, 15) is 0 Å². The van der Waals surface area contributed by atoms with Crippen LogP contribution in [0.4, 0.5) is 17.6 Å². The standard InChI is InChI=1S/C27H35N9/c1-27(2,3)36-12-10-35(11-13-36)18-19-8-9-28-24(14-19)33-26-31-21-7-6-20(15-22(21)32-26)23-16-30-25(17-29-23)34(4)5/h6-9,14-17H,10-13,18H2,1-5H3,(H2,28,31,32,33). The number of hydrogen-bond donors (Lipinski definition) is 2. The monoisotopic (exact) mass is 485 g/mol. The second-order valence-corrected chi connectivity index (χ2v) is 10.6. The Morgan fingerprint density at radius 2 is 1.78 bits per heavy atom. The molecule has 0 unspecified atom stereocenters. The Bertz CT molecular complexity index is 1310. The normalized spacial score (nSPS) is 15.4. The highest BCUT2D eigenvalue weighted by molar-refractivity contribution is 5.83. The van der Waals surface area contributed by atoms with E-state index in [2.05, 4.69) is 68.0 Å². The Kier molecular flexibility index (Phi) is 6.59. The van der Waals surface area contributed by atoms with Gasteiger partial charge in [-0.25, -0.2) is 15.0 Å². The average molecular weight is 486 g/mol. The zero-order valence-electron chi connectivity index (χ0n) is 21.8. The van der Waals surface area contributed by atoms with E-state index in [1.807, 2.05) is 43.4 Å². The van der Waals surface area contributed by atoms with Crippen LogP contribution in [-0.2, 0) is 6.54 Å². The number of hydrogen-bond acceptors (Lipinski definition) is 8. The number of aromatic amines is 1. The first kappa shape index (κ1) is 24.1. The van der Waals surface area contributed by atoms with Gasteiger partial charge in [0.25, 0.3) is 0 Å². The third-order valence-corrected chi connectivity index (χ3v) is 6.67. The second-order valence-electron chi connectivity index (χ2n) is 10.6. The number of fused-ring (bicyclic) bond motifs is 1. The molecule has 0 amide bonds. The van der Waals surface area contributed by atoms with Crippen molar-refractivity contribution in [1.82, 2.24) is 34.7 Å². The van der Waals surface area contributed by atoms with Crippen LogP contribution in [0, 0.1) is 0 Å². The topological polar surface area (TPSA) is 89.1 Å². The summed E-state index contributed by atoms with van der Waals surface area (Å²) in [5.74, 6) is 2.28. The van der Waals surface area contributed by atoms with Crippen molar-refractivity contribution in [2.75, 3.05) is 50.5 Å². The Labute approximate surface area is 212 Å². The molecule has 0 saturated carbocycles. The minimum Gasteiger partial charge on any atom is -0.361 e. The van der Waals surface area contributed by atoms with Crippen LogP contribution in [0.1, 0.15) is 26.3 Å². The molecule has 3 aromatic heterocycles. The first-order chi connectivity index (χ1) is 17.2. The fourth-order valence-corrected chi connectivity index (χ4v) is 4.53. The molecule has 0 spiro atoms. The number of H-pyrrole nitrogens is 1. The fourth-order valence-electron chi connectivity index (χ4n) is 4.53. The SMILES string of the molecule is CN(C)c1cnc(-c2ccc3nc(Nc4cc(CN5CCN(C(C)(C)C)CC5)ccn4)[nH]c3c2)cn1. The van der Waals surface area contributed by atoms with E-state index in [4.69, 9.17) is 4.98 Å². The molecule has 4 aromatic rings. The highest BCUT2D eigenvalue weighted by atomic mass is 15.3. The number of nitrogens with zero attached hydrogens (tertiary/aromatic N) is 7. The van der Waals surface area contributed by atoms with Crippen LogP contribution < -0.4 is 10.2 Å². The molecule has 0 atom stereocenters. The third kappa shape index (κ3) is 5.47. The van der Waals surface area contributed by atoms with Gasteiger partial charge in [0.15, 0.2) is 0 Å². The Morgan fingerprint density at radius 3 is 2.47 bits per heavy atom. The van der Waals surface area contributed by atoms with Crippen LogP contribution in [0.3, 0.4) is 0 Å². The summed E-state index contributed by atoms with van der Waals surface area (Å²) in [6, 6.07) is 10.3. The van der Waals surface area contributed by atoms with Crippen LogP contribution >= 0.6 is 0 Å². The van der Waals surface area contributed by atoms with Gasteiger partial charge in [-0.3, -0.25) is 14.8 Å². The first-order valence-electron chi connectivity index (χ1n) is 12.4. The number of pyridine rings is 1. The van der Waals surface area contributed by atoms with Crippen molar-refractivity contribution in [3.8, 4) is 11.3 Å². The number of nitrogens with one attached hydrogen (secondary N) is 2. The highest BCUT2D eigenvalue weighted by Gasteiger charge is 2.25. The van der Waals surface area contributed by atoms with Crippen LogP contribution in [0.15, 0.2) is 48.9 Å². The molecule has 5 rings (SSSR count). The van der Waals surface area contributed by atoms with Crippen LogP contribution in [-0.4, -0.2) is 80.5 Å². The lowest BCUT2D eigenvalue weighted by Crippen LogP contribution is -2.53. The molecule has 9 heteroatoms. The van der Waals surface area contributed by atoms with Gasteiger partial charge in [-0.1, -0.05) is 6.07 Å². The van der Waals surface area contributed by atoms with Crippen LogP contribution in [0.5, 0.6) is 0 Å². The Balaban J connectivity index is 1.25.